The summed E-state index contributed by atoms with van der Waals surface area (Å²) in [6.45, 7) is 0. The van der Waals surface area contributed by atoms with Crippen LogP contribution in [0.2, 0.25) is 0 Å². The van der Waals surface area contributed by atoms with Gasteiger partial charge in [-0.05, 0) is 42.4 Å². The van der Waals surface area contributed by atoms with E-state index in [0.29, 0.717) is 5.56 Å². The van der Waals surface area contributed by atoms with Crippen molar-refractivity contribution in [2.45, 2.75) is 6.04 Å². The van der Waals surface area contributed by atoms with Crippen molar-refractivity contribution >= 4 is 21.9 Å². The second kappa shape index (κ2) is 5.99. The third kappa shape index (κ3) is 3.22. The van der Waals surface area contributed by atoms with Crippen LogP contribution in [0.5, 0.6) is 0 Å². The summed E-state index contributed by atoms with van der Waals surface area (Å²) in [5.74, 6) is -0.911. The van der Waals surface area contributed by atoms with Crippen LogP contribution in [0.4, 0.5) is 0 Å². The van der Waals surface area contributed by atoms with Gasteiger partial charge in [0.05, 0.1) is 11.6 Å². The Labute approximate surface area is 120 Å². The van der Waals surface area contributed by atoms with E-state index in [4.69, 9.17) is 5.11 Å². The minimum Gasteiger partial charge on any atom is -0.478 e. The number of nitrogens with one attached hydrogen (secondary N) is 1. The minimum atomic E-state index is -0.911. The maximum atomic E-state index is 11.0. The zero-order valence-electron chi connectivity index (χ0n) is 10.4. The van der Waals surface area contributed by atoms with E-state index in [-0.39, 0.29) is 6.04 Å². The van der Waals surface area contributed by atoms with Gasteiger partial charge in [-0.2, -0.15) is 0 Å². The van der Waals surface area contributed by atoms with Crippen molar-refractivity contribution in [3.63, 3.8) is 0 Å². The summed E-state index contributed by atoms with van der Waals surface area (Å²) in [7, 11) is 1.86. The molecule has 0 spiro atoms. The van der Waals surface area contributed by atoms with Gasteiger partial charge in [-0.3, -0.25) is 0 Å². The van der Waals surface area contributed by atoms with Gasteiger partial charge in [0.15, 0.2) is 0 Å². The Morgan fingerprint density at radius 3 is 2.37 bits per heavy atom. The number of carboxylic acids is 1. The number of rotatable bonds is 4. The van der Waals surface area contributed by atoms with Gasteiger partial charge in [0.25, 0.3) is 0 Å². The summed E-state index contributed by atoms with van der Waals surface area (Å²) in [5, 5.41) is 12.3. The molecule has 0 aromatic heterocycles. The van der Waals surface area contributed by atoms with Crippen LogP contribution in [-0.2, 0) is 0 Å². The summed E-state index contributed by atoms with van der Waals surface area (Å²) in [6.07, 6.45) is 0. The van der Waals surface area contributed by atoms with E-state index in [1.54, 1.807) is 18.2 Å². The third-order valence-electron chi connectivity index (χ3n) is 2.94. The van der Waals surface area contributed by atoms with Gasteiger partial charge >= 0.3 is 5.97 Å². The zero-order valence-corrected chi connectivity index (χ0v) is 12.0. The van der Waals surface area contributed by atoms with Crippen LogP contribution in [0, 0.1) is 0 Å². The second-order valence-electron chi connectivity index (χ2n) is 4.21. The number of hydrogen-bond donors (Lipinski definition) is 2. The van der Waals surface area contributed by atoms with Crippen LogP contribution < -0.4 is 5.32 Å². The molecule has 19 heavy (non-hydrogen) atoms. The first kappa shape index (κ1) is 13.8. The average molecular weight is 320 g/mol. The Morgan fingerprint density at radius 1 is 1.16 bits per heavy atom. The Balaban J connectivity index is 2.42. The lowest BCUT2D eigenvalue weighted by molar-refractivity contribution is 0.0696. The molecule has 0 radical (unpaired) electrons. The highest BCUT2D eigenvalue weighted by molar-refractivity contribution is 9.10. The van der Waals surface area contributed by atoms with E-state index in [9.17, 15) is 4.79 Å². The topological polar surface area (TPSA) is 49.3 Å². The van der Waals surface area contributed by atoms with E-state index >= 15 is 0 Å². The van der Waals surface area contributed by atoms with Crippen LogP contribution >= 0.6 is 15.9 Å². The van der Waals surface area contributed by atoms with E-state index in [2.05, 4.69) is 21.2 Å². The number of hydrogen-bond acceptors (Lipinski definition) is 2. The molecule has 2 N–H and O–H groups in total. The smallest absolute Gasteiger partial charge is 0.335 e. The lowest BCUT2D eigenvalue weighted by Crippen LogP contribution is -2.18. The largest absolute Gasteiger partial charge is 0.478 e. The van der Waals surface area contributed by atoms with Gasteiger partial charge in [-0.1, -0.05) is 40.2 Å². The fourth-order valence-corrected chi connectivity index (χ4v) is 2.48. The summed E-state index contributed by atoms with van der Waals surface area (Å²) < 4.78 is 1.000. The van der Waals surface area contributed by atoms with Crippen molar-refractivity contribution in [3.8, 4) is 0 Å². The normalized spacial score (nSPS) is 12.1. The predicted molar refractivity (Wildman–Crippen MR) is 78.4 cm³/mol. The first-order valence-electron chi connectivity index (χ1n) is 5.88. The summed E-state index contributed by atoms with van der Waals surface area (Å²) in [6, 6.07) is 14.9. The van der Waals surface area contributed by atoms with Gasteiger partial charge < -0.3 is 10.4 Å². The average Bonchev–Trinajstić information content (AvgIpc) is 2.40. The van der Waals surface area contributed by atoms with Crippen molar-refractivity contribution in [1.29, 1.82) is 0 Å². The highest BCUT2D eigenvalue weighted by Gasteiger charge is 2.14. The van der Waals surface area contributed by atoms with Gasteiger partial charge in [0, 0.05) is 4.47 Å². The molecule has 0 aliphatic carbocycles. The molecule has 2 rings (SSSR count). The van der Waals surface area contributed by atoms with Crippen LogP contribution in [0.3, 0.4) is 0 Å². The second-order valence-corrected chi connectivity index (χ2v) is 5.12. The van der Waals surface area contributed by atoms with Crippen LogP contribution in [0.15, 0.2) is 53.0 Å². The molecular formula is C15H14BrNO2. The molecule has 4 heteroatoms. The number of benzene rings is 2. The Bertz CT molecular complexity index is 598. The first-order chi connectivity index (χ1) is 9.11. The van der Waals surface area contributed by atoms with E-state index in [1.165, 1.54) is 0 Å². The van der Waals surface area contributed by atoms with Crippen molar-refractivity contribution in [3.05, 3.63) is 69.7 Å². The Morgan fingerprint density at radius 2 is 1.79 bits per heavy atom. The fraction of sp³-hybridized carbons (Fsp3) is 0.133. The van der Waals surface area contributed by atoms with Gasteiger partial charge in [-0.15, -0.1) is 0 Å². The van der Waals surface area contributed by atoms with Gasteiger partial charge in [-0.25, -0.2) is 4.79 Å². The van der Waals surface area contributed by atoms with Crippen molar-refractivity contribution in [2.24, 2.45) is 0 Å². The Kier molecular flexibility index (Phi) is 4.35. The summed E-state index contributed by atoms with van der Waals surface area (Å²) >= 11 is 3.45. The lowest BCUT2D eigenvalue weighted by atomic mass is 9.97. The van der Waals surface area contributed by atoms with E-state index < -0.39 is 5.97 Å². The molecule has 0 heterocycles. The van der Waals surface area contributed by atoms with Crippen LogP contribution in [-0.4, -0.2) is 18.1 Å². The maximum Gasteiger partial charge on any atom is 0.335 e. The van der Waals surface area contributed by atoms with Crippen LogP contribution in [0.1, 0.15) is 27.5 Å². The fourth-order valence-electron chi connectivity index (χ4n) is 2.06. The highest BCUT2D eigenvalue weighted by Crippen LogP contribution is 2.24. The summed E-state index contributed by atoms with van der Waals surface area (Å²) in [5.41, 5.74) is 2.31. The maximum absolute atomic E-state index is 11.0. The zero-order chi connectivity index (χ0) is 13.8. The van der Waals surface area contributed by atoms with Gasteiger partial charge in [0.2, 0.25) is 0 Å². The molecule has 0 bridgehead atoms. The van der Waals surface area contributed by atoms with Crippen molar-refractivity contribution < 1.29 is 9.90 Å². The minimum absolute atomic E-state index is 0.0307. The molecule has 0 aliphatic rings. The van der Waals surface area contributed by atoms with E-state index in [1.807, 2.05) is 37.4 Å². The monoisotopic (exact) mass is 319 g/mol. The number of carboxylic acid groups (broad SMARTS) is 1. The molecule has 1 unspecified atom stereocenters. The number of halogens is 1. The number of aromatic carboxylic acids is 1. The molecule has 0 saturated heterocycles. The van der Waals surface area contributed by atoms with Gasteiger partial charge in [0.1, 0.15) is 0 Å². The molecule has 2 aromatic carbocycles. The standard InChI is InChI=1S/C15H14BrNO2/c1-17-14(11-5-3-7-13(16)9-11)10-4-2-6-12(8-10)15(18)19/h2-9,14,17H,1H3,(H,18,19). The number of carbonyl (C=O) groups is 1. The first-order valence-corrected chi connectivity index (χ1v) is 6.67. The molecule has 0 fully saturated rings. The Hall–Kier alpha value is -1.65. The summed E-state index contributed by atoms with van der Waals surface area (Å²) in [4.78, 5) is 11.0. The molecule has 0 saturated carbocycles. The molecular weight excluding hydrogens is 306 g/mol. The third-order valence-corrected chi connectivity index (χ3v) is 3.43. The quantitative estimate of drug-likeness (QED) is 0.907. The van der Waals surface area contributed by atoms with Crippen molar-refractivity contribution in [2.75, 3.05) is 7.05 Å². The molecule has 98 valence electrons. The predicted octanol–water partition coefficient (Wildman–Crippen LogP) is 3.46. The molecule has 2 aromatic rings. The van der Waals surface area contributed by atoms with E-state index in [0.717, 1.165) is 15.6 Å². The highest BCUT2D eigenvalue weighted by atomic mass is 79.9. The lowest BCUT2D eigenvalue weighted by Gasteiger charge is -2.18. The van der Waals surface area contributed by atoms with Crippen molar-refractivity contribution in [1.82, 2.24) is 5.32 Å². The molecule has 0 aliphatic heterocycles. The molecule has 0 amide bonds. The SMILES string of the molecule is CNC(c1cccc(Br)c1)c1cccc(C(=O)O)c1. The molecule has 1 atom stereocenters. The van der Waals surface area contributed by atoms with Crippen LogP contribution in [0.25, 0.3) is 0 Å². The molecule has 3 nitrogen and oxygen atoms in total.